The molecule has 0 saturated heterocycles. The maximum Gasteiger partial charge on any atom is 0.306 e. The Morgan fingerprint density at radius 2 is 1.48 bits per heavy atom. The molecule has 0 aliphatic rings. The molecule has 2 aromatic rings. The third-order valence-corrected chi connectivity index (χ3v) is 3.82. The SMILES string of the molecule is COc1ccccc1OCC(=O)NNC(=O)CCC(=O)OCCc1ccccc1. The van der Waals surface area contributed by atoms with Gasteiger partial charge in [0.15, 0.2) is 18.1 Å². The second-order valence-corrected chi connectivity index (χ2v) is 5.99. The first-order valence-corrected chi connectivity index (χ1v) is 9.11. The fraction of sp³-hybridized carbons (Fsp3) is 0.286. The molecule has 2 aromatic carbocycles. The molecule has 0 atom stereocenters. The highest BCUT2D eigenvalue weighted by atomic mass is 16.5. The Bertz CT molecular complexity index is 810. The predicted molar refractivity (Wildman–Crippen MR) is 105 cm³/mol. The van der Waals surface area contributed by atoms with Crippen LogP contribution in [0.2, 0.25) is 0 Å². The number of nitrogens with one attached hydrogen (secondary N) is 2. The Labute approximate surface area is 169 Å². The van der Waals surface area contributed by atoms with Crippen LogP contribution in [0.3, 0.4) is 0 Å². The van der Waals surface area contributed by atoms with E-state index in [1.165, 1.54) is 7.11 Å². The lowest BCUT2D eigenvalue weighted by atomic mass is 10.2. The van der Waals surface area contributed by atoms with E-state index in [1.807, 2.05) is 30.3 Å². The summed E-state index contributed by atoms with van der Waals surface area (Å²) in [6, 6.07) is 16.5. The van der Waals surface area contributed by atoms with E-state index in [9.17, 15) is 14.4 Å². The zero-order valence-corrected chi connectivity index (χ0v) is 16.2. The van der Waals surface area contributed by atoms with Gasteiger partial charge in [-0.1, -0.05) is 42.5 Å². The Balaban J connectivity index is 1.57. The van der Waals surface area contributed by atoms with Crippen LogP contribution < -0.4 is 20.3 Å². The maximum absolute atomic E-state index is 11.8. The first-order valence-electron chi connectivity index (χ1n) is 9.11. The molecule has 0 heterocycles. The fourth-order valence-corrected chi connectivity index (χ4v) is 2.33. The summed E-state index contributed by atoms with van der Waals surface area (Å²) >= 11 is 0. The largest absolute Gasteiger partial charge is 0.493 e. The van der Waals surface area contributed by atoms with Crippen LogP contribution in [-0.4, -0.2) is 38.1 Å². The van der Waals surface area contributed by atoms with Crippen LogP contribution >= 0.6 is 0 Å². The summed E-state index contributed by atoms with van der Waals surface area (Å²) < 4.78 is 15.5. The molecule has 154 valence electrons. The minimum Gasteiger partial charge on any atom is -0.493 e. The second-order valence-electron chi connectivity index (χ2n) is 5.99. The van der Waals surface area contributed by atoms with Crippen LogP contribution in [0.15, 0.2) is 54.6 Å². The van der Waals surface area contributed by atoms with Crippen molar-refractivity contribution >= 4 is 17.8 Å². The van der Waals surface area contributed by atoms with Crippen LogP contribution in [0.1, 0.15) is 18.4 Å². The summed E-state index contributed by atoms with van der Waals surface area (Å²) in [6.45, 7) is -0.0519. The van der Waals surface area contributed by atoms with Gasteiger partial charge in [0.05, 0.1) is 20.1 Å². The molecule has 0 bridgehead atoms. The smallest absolute Gasteiger partial charge is 0.306 e. The number of benzene rings is 2. The van der Waals surface area contributed by atoms with Gasteiger partial charge in [-0.05, 0) is 17.7 Å². The normalized spacial score (nSPS) is 9.97. The molecular formula is C21H24N2O6. The number of hydrogen-bond donors (Lipinski definition) is 2. The van der Waals surface area contributed by atoms with E-state index in [2.05, 4.69) is 10.9 Å². The Morgan fingerprint density at radius 3 is 2.21 bits per heavy atom. The predicted octanol–water partition coefficient (Wildman–Crippen LogP) is 1.79. The Morgan fingerprint density at radius 1 is 0.828 bits per heavy atom. The van der Waals surface area contributed by atoms with Gasteiger partial charge < -0.3 is 14.2 Å². The summed E-state index contributed by atoms with van der Waals surface area (Å²) in [5, 5.41) is 0. The Kier molecular flexibility index (Phi) is 9.01. The average molecular weight is 400 g/mol. The number of ether oxygens (including phenoxy) is 3. The van der Waals surface area contributed by atoms with E-state index in [0.717, 1.165) is 5.56 Å². The highest BCUT2D eigenvalue weighted by Gasteiger charge is 2.10. The van der Waals surface area contributed by atoms with Gasteiger partial charge in [0.2, 0.25) is 5.91 Å². The van der Waals surface area contributed by atoms with Crippen molar-refractivity contribution in [3.05, 3.63) is 60.2 Å². The highest BCUT2D eigenvalue weighted by molar-refractivity contribution is 5.84. The standard InChI is InChI=1S/C21H24N2O6/c1-27-17-9-5-6-10-18(17)29-15-20(25)23-22-19(24)11-12-21(26)28-14-13-16-7-3-2-4-8-16/h2-10H,11-15H2,1H3,(H,22,24)(H,23,25). The zero-order chi connectivity index (χ0) is 20.9. The first kappa shape index (κ1) is 21.7. The van der Waals surface area contributed by atoms with Crippen molar-refractivity contribution < 1.29 is 28.6 Å². The number of esters is 1. The first-order chi connectivity index (χ1) is 14.1. The van der Waals surface area contributed by atoms with Crippen molar-refractivity contribution in [3.8, 4) is 11.5 Å². The van der Waals surface area contributed by atoms with Crippen molar-refractivity contribution in [2.45, 2.75) is 19.3 Å². The van der Waals surface area contributed by atoms with E-state index in [1.54, 1.807) is 24.3 Å². The summed E-state index contributed by atoms with van der Waals surface area (Å²) in [5.74, 6) is -0.614. The van der Waals surface area contributed by atoms with Crippen LogP contribution in [-0.2, 0) is 25.5 Å². The fourth-order valence-electron chi connectivity index (χ4n) is 2.33. The quantitative estimate of drug-likeness (QED) is 0.466. The van der Waals surface area contributed by atoms with E-state index < -0.39 is 17.8 Å². The number of rotatable bonds is 10. The molecule has 8 nitrogen and oxygen atoms in total. The van der Waals surface area contributed by atoms with Crippen LogP contribution in [0.4, 0.5) is 0 Å². The molecule has 0 saturated carbocycles. The molecule has 8 heteroatoms. The van der Waals surface area contributed by atoms with Crippen LogP contribution in [0.5, 0.6) is 11.5 Å². The number of hydrogen-bond acceptors (Lipinski definition) is 6. The number of amides is 2. The molecule has 29 heavy (non-hydrogen) atoms. The molecule has 2 N–H and O–H groups in total. The molecule has 0 aliphatic heterocycles. The lowest BCUT2D eigenvalue weighted by Crippen LogP contribution is -2.43. The number of methoxy groups -OCH3 is 1. The maximum atomic E-state index is 11.8. The van der Waals surface area contributed by atoms with Crippen molar-refractivity contribution in [2.24, 2.45) is 0 Å². The number of carbonyl (C=O) groups excluding carboxylic acids is 3. The zero-order valence-electron chi connectivity index (χ0n) is 16.2. The van der Waals surface area contributed by atoms with Crippen molar-refractivity contribution in [1.29, 1.82) is 0 Å². The van der Waals surface area contributed by atoms with Gasteiger partial charge in [0.25, 0.3) is 5.91 Å². The second kappa shape index (κ2) is 12.0. The van der Waals surface area contributed by atoms with E-state index in [4.69, 9.17) is 14.2 Å². The molecular weight excluding hydrogens is 376 g/mol. The summed E-state index contributed by atoms with van der Waals surface area (Å²) in [6.07, 6.45) is 0.438. The minimum absolute atomic E-state index is 0.0752. The molecule has 0 unspecified atom stereocenters. The van der Waals surface area contributed by atoms with Gasteiger partial charge >= 0.3 is 5.97 Å². The molecule has 2 amide bonds. The van der Waals surface area contributed by atoms with Gasteiger partial charge in [0, 0.05) is 12.8 Å². The lowest BCUT2D eigenvalue weighted by molar-refractivity contribution is -0.145. The summed E-state index contributed by atoms with van der Waals surface area (Å²) in [4.78, 5) is 35.2. The molecule has 2 rings (SSSR count). The number of para-hydroxylation sites is 2. The molecule has 0 fully saturated rings. The van der Waals surface area contributed by atoms with E-state index in [-0.39, 0.29) is 26.1 Å². The molecule has 0 aromatic heterocycles. The lowest BCUT2D eigenvalue weighted by Gasteiger charge is -2.11. The molecule has 0 radical (unpaired) electrons. The van der Waals surface area contributed by atoms with Crippen LogP contribution in [0.25, 0.3) is 0 Å². The van der Waals surface area contributed by atoms with Gasteiger partial charge in [-0.2, -0.15) is 0 Å². The van der Waals surface area contributed by atoms with Crippen molar-refractivity contribution in [1.82, 2.24) is 10.9 Å². The monoisotopic (exact) mass is 400 g/mol. The topological polar surface area (TPSA) is 103 Å². The average Bonchev–Trinajstić information content (AvgIpc) is 2.75. The minimum atomic E-state index is -0.547. The number of carbonyl (C=O) groups is 3. The Hall–Kier alpha value is -3.55. The van der Waals surface area contributed by atoms with Crippen LogP contribution in [0, 0.1) is 0 Å². The van der Waals surface area contributed by atoms with E-state index >= 15 is 0 Å². The molecule has 0 spiro atoms. The van der Waals surface area contributed by atoms with Gasteiger partial charge in [-0.15, -0.1) is 0 Å². The van der Waals surface area contributed by atoms with E-state index in [0.29, 0.717) is 17.9 Å². The van der Waals surface area contributed by atoms with Gasteiger partial charge in [0.1, 0.15) is 0 Å². The molecule has 0 aliphatic carbocycles. The van der Waals surface area contributed by atoms with Crippen molar-refractivity contribution in [3.63, 3.8) is 0 Å². The summed E-state index contributed by atoms with van der Waals surface area (Å²) in [7, 11) is 1.50. The third kappa shape index (κ3) is 8.34. The third-order valence-electron chi connectivity index (χ3n) is 3.82. The summed E-state index contributed by atoms with van der Waals surface area (Å²) in [5.41, 5.74) is 5.52. The van der Waals surface area contributed by atoms with Gasteiger partial charge in [-0.25, -0.2) is 0 Å². The number of hydrazine groups is 1. The van der Waals surface area contributed by atoms with Gasteiger partial charge in [-0.3, -0.25) is 25.2 Å². The van der Waals surface area contributed by atoms with Crippen molar-refractivity contribution in [2.75, 3.05) is 20.3 Å². The highest BCUT2D eigenvalue weighted by Crippen LogP contribution is 2.25.